The minimum absolute atomic E-state index is 0.431. The van der Waals surface area contributed by atoms with Crippen molar-refractivity contribution >= 4 is 27.5 Å². The molecule has 0 spiro atoms. The molecule has 0 aliphatic heterocycles. The maximum absolute atomic E-state index is 5.91. The van der Waals surface area contributed by atoms with Gasteiger partial charge in [0.25, 0.3) is 0 Å². The molecule has 88 valence electrons. The molecule has 0 atom stereocenters. The Morgan fingerprint density at radius 1 is 1.12 bits per heavy atom. The molecule has 2 rings (SSSR count). The van der Waals surface area contributed by atoms with Gasteiger partial charge in [0.2, 0.25) is 0 Å². The minimum atomic E-state index is 0.431. The van der Waals surface area contributed by atoms with Crippen LogP contribution < -0.4 is 4.74 Å². The average Bonchev–Trinajstić information content (AvgIpc) is 2.34. The van der Waals surface area contributed by atoms with Gasteiger partial charge in [-0.1, -0.05) is 34.1 Å². The van der Waals surface area contributed by atoms with Crippen molar-refractivity contribution in [1.29, 1.82) is 0 Å². The van der Waals surface area contributed by atoms with Crippen molar-refractivity contribution in [3.8, 4) is 11.5 Å². The van der Waals surface area contributed by atoms with Crippen LogP contribution in [0.5, 0.6) is 11.5 Å². The van der Waals surface area contributed by atoms with Gasteiger partial charge in [0, 0.05) is 10.0 Å². The van der Waals surface area contributed by atoms with E-state index in [1.807, 2.05) is 49.4 Å². The van der Waals surface area contributed by atoms with Gasteiger partial charge < -0.3 is 4.74 Å². The summed E-state index contributed by atoms with van der Waals surface area (Å²) >= 11 is 9.33. The number of hydrogen-bond donors (Lipinski definition) is 0. The Hall–Kier alpha value is -0.990. The molecular formula is C14H12BrClO. The molecule has 0 amide bonds. The van der Waals surface area contributed by atoms with Crippen molar-refractivity contribution in [1.82, 2.24) is 0 Å². The van der Waals surface area contributed by atoms with Crippen LogP contribution in [-0.2, 0) is 5.88 Å². The molecule has 0 saturated heterocycles. The first-order valence-corrected chi connectivity index (χ1v) is 6.61. The van der Waals surface area contributed by atoms with Crippen LogP contribution >= 0.6 is 27.5 Å². The molecule has 0 aliphatic rings. The number of hydrogen-bond acceptors (Lipinski definition) is 1. The minimum Gasteiger partial charge on any atom is -0.457 e. The number of halogens is 2. The highest BCUT2D eigenvalue weighted by atomic mass is 79.9. The summed E-state index contributed by atoms with van der Waals surface area (Å²) in [4.78, 5) is 0. The molecule has 0 N–H and O–H groups in total. The van der Waals surface area contributed by atoms with Crippen molar-refractivity contribution in [2.45, 2.75) is 12.8 Å². The lowest BCUT2D eigenvalue weighted by Gasteiger charge is -2.11. The molecule has 0 aliphatic carbocycles. The first-order chi connectivity index (χ1) is 8.20. The van der Waals surface area contributed by atoms with E-state index in [0.717, 1.165) is 27.1 Å². The van der Waals surface area contributed by atoms with Gasteiger partial charge in [-0.2, -0.15) is 0 Å². The van der Waals surface area contributed by atoms with Crippen LogP contribution in [0, 0.1) is 6.92 Å². The van der Waals surface area contributed by atoms with E-state index in [1.165, 1.54) is 0 Å². The summed E-state index contributed by atoms with van der Waals surface area (Å²) in [5, 5.41) is 0. The van der Waals surface area contributed by atoms with Crippen LogP contribution in [0.3, 0.4) is 0 Å². The van der Waals surface area contributed by atoms with E-state index in [9.17, 15) is 0 Å². The van der Waals surface area contributed by atoms with Gasteiger partial charge in [-0.3, -0.25) is 0 Å². The maximum atomic E-state index is 5.91. The van der Waals surface area contributed by atoms with E-state index in [-0.39, 0.29) is 0 Å². The molecule has 2 aromatic rings. The smallest absolute Gasteiger partial charge is 0.131 e. The SMILES string of the molecule is Cc1ccccc1Oc1ccc(Br)cc1CCl. The Morgan fingerprint density at radius 3 is 2.59 bits per heavy atom. The van der Waals surface area contributed by atoms with Crippen LogP contribution in [0.25, 0.3) is 0 Å². The highest BCUT2D eigenvalue weighted by molar-refractivity contribution is 9.10. The number of para-hydroxylation sites is 1. The summed E-state index contributed by atoms with van der Waals surface area (Å²) in [6.07, 6.45) is 0. The summed E-state index contributed by atoms with van der Waals surface area (Å²) in [5.74, 6) is 2.10. The zero-order valence-corrected chi connectivity index (χ0v) is 11.8. The predicted octanol–water partition coefficient (Wildman–Crippen LogP) is 5.29. The third kappa shape index (κ3) is 3.02. The van der Waals surface area contributed by atoms with Gasteiger partial charge in [-0.05, 0) is 36.8 Å². The normalized spacial score (nSPS) is 10.3. The third-order valence-electron chi connectivity index (χ3n) is 2.48. The zero-order chi connectivity index (χ0) is 12.3. The van der Waals surface area contributed by atoms with Gasteiger partial charge in [0.1, 0.15) is 11.5 Å². The molecule has 0 bridgehead atoms. The Balaban J connectivity index is 2.33. The number of rotatable bonds is 3. The second-order valence-electron chi connectivity index (χ2n) is 3.75. The summed E-state index contributed by atoms with van der Waals surface area (Å²) in [7, 11) is 0. The Morgan fingerprint density at radius 2 is 1.88 bits per heavy atom. The summed E-state index contributed by atoms with van der Waals surface area (Å²) < 4.78 is 6.89. The van der Waals surface area contributed by atoms with Crippen LogP contribution in [0.15, 0.2) is 46.9 Å². The predicted molar refractivity (Wildman–Crippen MR) is 75.0 cm³/mol. The molecule has 2 aromatic carbocycles. The first kappa shape index (κ1) is 12.5. The molecule has 0 radical (unpaired) electrons. The van der Waals surface area contributed by atoms with Crippen LogP contribution in [0.2, 0.25) is 0 Å². The van der Waals surface area contributed by atoms with E-state index >= 15 is 0 Å². The van der Waals surface area contributed by atoms with Crippen molar-refractivity contribution in [2.24, 2.45) is 0 Å². The van der Waals surface area contributed by atoms with Crippen molar-refractivity contribution in [2.75, 3.05) is 0 Å². The summed E-state index contributed by atoms with van der Waals surface area (Å²) in [6.45, 7) is 2.02. The Labute approximate surface area is 115 Å². The largest absolute Gasteiger partial charge is 0.457 e. The molecule has 0 saturated carbocycles. The van der Waals surface area contributed by atoms with E-state index in [2.05, 4.69) is 15.9 Å². The second-order valence-corrected chi connectivity index (χ2v) is 4.94. The quantitative estimate of drug-likeness (QED) is 0.700. The lowest BCUT2D eigenvalue weighted by atomic mass is 10.2. The lowest BCUT2D eigenvalue weighted by Crippen LogP contribution is -1.91. The van der Waals surface area contributed by atoms with Crippen LogP contribution in [0.4, 0.5) is 0 Å². The van der Waals surface area contributed by atoms with Gasteiger partial charge in [-0.15, -0.1) is 11.6 Å². The molecule has 3 heteroatoms. The monoisotopic (exact) mass is 310 g/mol. The number of benzene rings is 2. The lowest BCUT2D eigenvalue weighted by molar-refractivity contribution is 0.474. The summed E-state index contributed by atoms with van der Waals surface area (Å²) in [6, 6.07) is 13.8. The van der Waals surface area contributed by atoms with Crippen LogP contribution in [-0.4, -0.2) is 0 Å². The molecule has 0 fully saturated rings. The highest BCUT2D eigenvalue weighted by Crippen LogP contribution is 2.30. The van der Waals surface area contributed by atoms with Gasteiger partial charge in [0.15, 0.2) is 0 Å². The Bertz CT molecular complexity index is 525. The fraction of sp³-hybridized carbons (Fsp3) is 0.143. The van der Waals surface area contributed by atoms with Crippen molar-refractivity contribution in [3.05, 3.63) is 58.1 Å². The number of ether oxygens (including phenoxy) is 1. The van der Waals surface area contributed by atoms with E-state index in [1.54, 1.807) is 0 Å². The molecule has 0 heterocycles. The highest BCUT2D eigenvalue weighted by Gasteiger charge is 2.06. The molecule has 0 unspecified atom stereocenters. The van der Waals surface area contributed by atoms with Crippen molar-refractivity contribution in [3.63, 3.8) is 0 Å². The summed E-state index contributed by atoms with van der Waals surface area (Å²) in [5.41, 5.74) is 2.08. The molecule has 0 aromatic heterocycles. The van der Waals surface area contributed by atoms with Crippen LogP contribution in [0.1, 0.15) is 11.1 Å². The maximum Gasteiger partial charge on any atom is 0.131 e. The Kier molecular flexibility index (Phi) is 4.08. The third-order valence-corrected chi connectivity index (χ3v) is 3.26. The first-order valence-electron chi connectivity index (χ1n) is 5.28. The number of aryl methyl sites for hydroxylation is 1. The van der Waals surface area contributed by atoms with Gasteiger partial charge >= 0.3 is 0 Å². The van der Waals surface area contributed by atoms with E-state index in [0.29, 0.717) is 5.88 Å². The second kappa shape index (κ2) is 5.56. The topological polar surface area (TPSA) is 9.23 Å². The average molecular weight is 312 g/mol. The van der Waals surface area contributed by atoms with Gasteiger partial charge in [-0.25, -0.2) is 0 Å². The molecule has 1 nitrogen and oxygen atoms in total. The fourth-order valence-electron chi connectivity index (χ4n) is 1.54. The fourth-order valence-corrected chi connectivity index (χ4v) is 2.16. The van der Waals surface area contributed by atoms with E-state index in [4.69, 9.17) is 16.3 Å². The van der Waals surface area contributed by atoms with Gasteiger partial charge in [0.05, 0.1) is 5.88 Å². The number of alkyl halides is 1. The van der Waals surface area contributed by atoms with Crippen molar-refractivity contribution < 1.29 is 4.74 Å². The molecule has 17 heavy (non-hydrogen) atoms. The molecular weight excluding hydrogens is 300 g/mol. The standard InChI is InChI=1S/C14H12BrClO/c1-10-4-2-3-5-13(10)17-14-7-6-12(15)8-11(14)9-16/h2-8H,9H2,1H3. The zero-order valence-electron chi connectivity index (χ0n) is 9.41. The van der Waals surface area contributed by atoms with E-state index < -0.39 is 0 Å².